The van der Waals surface area contributed by atoms with Crippen LogP contribution in [0.3, 0.4) is 0 Å². The number of nitrogens with zero attached hydrogens (tertiary/aromatic N) is 2. The van der Waals surface area contributed by atoms with E-state index in [1.165, 1.54) is 0 Å². The van der Waals surface area contributed by atoms with Crippen molar-refractivity contribution in [2.75, 3.05) is 0 Å². The van der Waals surface area contributed by atoms with Gasteiger partial charge in [0.2, 0.25) is 0 Å². The molecular weight excluding hydrogens is 515 g/mol. The number of thioether (sulfide) groups is 1. The summed E-state index contributed by atoms with van der Waals surface area (Å²) in [7, 11) is 0. The number of rotatable bonds is 9. The summed E-state index contributed by atoms with van der Waals surface area (Å²) in [6, 6.07) is 20.3. The molecule has 0 radical (unpaired) electrons. The van der Waals surface area contributed by atoms with Gasteiger partial charge in [0.05, 0.1) is 27.5 Å². The summed E-state index contributed by atoms with van der Waals surface area (Å²) in [6.45, 7) is 6.66. The fourth-order valence-electron chi connectivity index (χ4n) is 3.83. The van der Waals surface area contributed by atoms with Crippen molar-refractivity contribution in [1.29, 1.82) is 0 Å². The number of para-hydroxylation sites is 1. The molecule has 1 aromatic heterocycles. The van der Waals surface area contributed by atoms with Gasteiger partial charge in [-0.1, -0.05) is 55.2 Å². The number of carboxylic acids is 1. The maximum absolute atomic E-state index is 11.1. The highest BCUT2D eigenvalue weighted by atomic mass is 35.5. The molecule has 186 valence electrons. The highest BCUT2D eigenvalue weighted by molar-refractivity contribution is 7.99. The lowest BCUT2D eigenvalue weighted by Gasteiger charge is -2.16. The molecule has 1 unspecified atom stereocenters. The average molecular weight is 542 g/mol. The summed E-state index contributed by atoms with van der Waals surface area (Å²) in [4.78, 5) is 12.1. The highest BCUT2D eigenvalue weighted by Crippen LogP contribution is 2.36. The Morgan fingerprint density at radius 3 is 2.22 bits per heavy atom. The largest absolute Gasteiger partial charge is 0.487 e. The fourth-order valence-corrected chi connectivity index (χ4v) is 5.38. The van der Waals surface area contributed by atoms with Crippen LogP contribution in [-0.2, 0) is 6.61 Å². The molecule has 0 amide bonds. The quantitative estimate of drug-likeness (QED) is 0.216. The van der Waals surface area contributed by atoms with Crippen molar-refractivity contribution in [3.8, 4) is 11.4 Å². The molecule has 0 fully saturated rings. The molecular formula is C28H26Cl2N2O3S. The monoisotopic (exact) mass is 540 g/mol. The van der Waals surface area contributed by atoms with Crippen LogP contribution in [0, 0.1) is 0 Å². The lowest BCUT2D eigenvalue weighted by molar-refractivity contribution is 0.0697. The van der Waals surface area contributed by atoms with E-state index in [9.17, 15) is 4.79 Å². The fraction of sp³-hybridized carbons (Fsp3) is 0.214. The molecule has 0 aliphatic carbocycles. The van der Waals surface area contributed by atoms with Crippen LogP contribution in [0.15, 0.2) is 77.8 Å². The molecule has 3 aromatic carbocycles. The number of aromatic carboxylic acids is 1. The number of halogens is 2. The molecule has 0 aliphatic rings. The molecule has 4 aromatic rings. The van der Waals surface area contributed by atoms with Crippen LogP contribution in [0.1, 0.15) is 59.1 Å². The Morgan fingerprint density at radius 2 is 1.64 bits per heavy atom. The summed E-state index contributed by atoms with van der Waals surface area (Å²) < 4.78 is 7.93. The van der Waals surface area contributed by atoms with E-state index in [4.69, 9.17) is 33.0 Å². The lowest BCUT2D eigenvalue weighted by Crippen LogP contribution is -2.09. The highest BCUT2D eigenvalue weighted by Gasteiger charge is 2.19. The third kappa shape index (κ3) is 5.89. The van der Waals surface area contributed by atoms with Gasteiger partial charge in [-0.2, -0.15) is 5.10 Å². The van der Waals surface area contributed by atoms with Crippen LogP contribution in [0.25, 0.3) is 5.69 Å². The molecule has 1 atom stereocenters. The van der Waals surface area contributed by atoms with E-state index in [1.54, 1.807) is 40.7 Å². The number of hydrogen-bond acceptors (Lipinski definition) is 4. The van der Waals surface area contributed by atoms with Crippen LogP contribution in [0.5, 0.6) is 5.75 Å². The van der Waals surface area contributed by atoms with E-state index in [0.717, 1.165) is 27.5 Å². The Hall–Kier alpha value is -2.93. The number of carbonyl (C=O) groups is 1. The molecule has 0 bridgehead atoms. The van der Waals surface area contributed by atoms with Crippen LogP contribution in [-0.4, -0.2) is 20.9 Å². The Morgan fingerprint density at radius 1 is 1.00 bits per heavy atom. The standard InChI is InChI=1S/C28H26Cl2N2O3S/c1-17(2)23-15-31-32(27-24(29)5-4-6-25(27)30)26(23)16-35-21-11-7-19(8-12-21)18(3)36-22-13-9-20(10-14-22)28(33)34/h4-15,17-18H,16H2,1-3H3,(H,33,34). The summed E-state index contributed by atoms with van der Waals surface area (Å²) in [5.41, 5.74) is 4.04. The minimum absolute atomic E-state index is 0.186. The molecule has 0 saturated carbocycles. The summed E-state index contributed by atoms with van der Waals surface area (Å²) in [5, 5.41) is 14.9. The summed E-state index contributed by atoms with van der Waals surface area (Å²) >= 11 is 14.6. The predicted octanol–water partition coefficient (Wildman–Crippen LogP) is 8.43. The molecule has 4 rings (SSSR count). The van der Waals surface area contributed by atoms with Gasteiger partial charge in [0.25, 0.3) is 0 Å². The Balaban J connectivity index is 1.48. The first-order valence-corrected chi connectivity index (χ1v) is 13.1. The normalized spacial score (nSPS) is 12.1. The number of ether oxygens (including phenoxy) is 1. The van der Waals surface area contributed by atoms with Crippen molar-refractivity contribution < 1.29 is 14.6 Å². The van der Waals surface area contributed by atoms with Gasteiger partial charge >= 0.3 is 5.97 Å². The lowest BCUT2D eigenvalue weighted by atomic mass is 10.0. The van der Waals surface area contributed by atoms with Gasteiger partial charge in [-0.25, -0.2) is 9.48 Å². The van der Waals surface area contributed by atoms with Crippen molar-refractivity contribution in [3.05, 3.63) is 105 Å². The van der Waals surface area contributed by atoms with E-state index in [1.807, 2.05) is 48.7 Å². The number of hydrogen-bond donors (Lipinski definition) is 1. The van der Waals surface area contributed by atoms with Crippen LogP contribution in [0.2, 0.25) is 10.0 Å². The first kappa shape index (κ1) is 26.1. The molecule has 0 saturated heterocycles. The molecule has 0 spiro atoms. The second kappa shape index (κ2) is 11.4. The third-order valence-corrected chi connectivity index (χ3v) is 7.59. The average Bonchev–Trinajstić information content (AvgIpc) is 3.27. The zero-order chi connectivity index (χ0) is 25.8. The van der Waals surface area contributed by atoms with Gasteiger partial charge in [0.1, 0.15) is 18.0 Å². The molecule has 36 heavy (non-hydrogen) atoms. The first-order valence-electron chi connectivity index (χ1n) is 11.5. The zero-order valence-electron chi connectivity index (χ0n) is 20.1. The maximum atomic E-state index is 11.1. The SMILES string of the molecule is CC(C)c1cnn(-c2c(Cl)cccc2Cl)c1COc1ccc(C(C)Sc2ccc(C(=O)O)cc2)cc1. The molecule has 0 aliphatic heterocycles. The Labute approximate surface area is 225 Å². The van der Waals surface area contributed by atoms with Crippen molar-refractivity contribution in [2.24, 2.45) is 0 Å². The van der Waals surface area contributed by atoms with Crippen molar-refractivity contribution >= 4 is 40.9 Å². The zero-order valence-corrected chi connectivity index (χ0v) is 22.4. The van der Waals surface area contributed by atoms with Gasteiger partial charge in [0.15, 0.2) is 0 Å². The second-order valence-electron chi connectivity index (χ2n) is 8.63. The predicted molar refractivity (Wildman–Crippen MR) is 146 cm³/mol. The minimum atomic E-state index is -0.922. The van der Waals surface area contributed by atoms with Gasteiger partial charge in [0, 0.05) is 10.1 Å². The topological polar surface area (TPSA) is 64.4 Å². The van der Waals surface area contributed by atoms with E-state index in [0.29, 0.717) is 22.3 Å². The summed E-state index contributed by atoms with van der Waals surface area (Å²) in [5.74, 6) is 0.0756. The van der Waals surface area contributed by atoms with Gasteiger partial charge in [-0.3, -0.25) is 0 Å². The van der Waals surface area contributed by atoms with Crippen LogP contribution < -0.4 is 4.74 Å². The maximum Gasteiger partial charge on any atom is 0.335 e. The molecule has 1 N–H and O–H groups in total. The number of aromatic nitrogens is 2. The van der Waals surface area contributed by atoms with E-state index < -0.39 is 5.97 Å². The van der Waals surface area contributed by atoms with Crippen molar-refractivity contribution in [1.82, 2.24) is 9.78 Å². The second-order valence-corrected chi connectivity index (χ2v) is 10.9. The Kier molecular flexibility index (Phi) is 8.29. The first-order chi connectivity index (χ1) is 17.2. The number of benzene rings is 3. The van der Waals surface area contributed by atoms with Gasteiger partial charge < -0.3 is 9.84 Å². The van der Waals surface area contributed by atoms with Crippen LogP contribution >= 0.6 is 35.0 Å². The molecule has 5 nitrogen and oxygen atoms in total. The van der Waals surface area contributed by atoms with Gasteiger partial charge in [-0.15, -0.1) is 11.8 Å². The molecule has 1 heterocycles. The minimum Gasteiger partial charge on any atom is -0.487 e. The smallest absolute Gasteiger partial charge is 0.335 e. The Bertz CT molecular complexity index is 1330. The van der Waals surface area contributed by atoms with Crippen molar-refractivity contribution in [3.63, 3.8) is 0 Å². The van der Waals surface area contributed by atoms with E-state index in [2.05, 4.69) is 25.9 Å². The summed E-state index contributed by atoms with van der Waals surface area (Å²) in [6.07, 6.45) is 1.84. The number of carboxylic acid groups (broad SMARTS) is 1. The van der Waals surface area contributed by atoms with Crippen LogP contribution in [0.4, 0.5) is 0 Å². The van der Waals surface area contributed by atoms with E-state index >= 15 is 0 Å². The van der Waals surface area contributed by atoms with E-state index in [-0.39, 0.29) is 16.7 Å². The van der Waals surface area contributed by atoms with Crippen molar-refractivity contribution in [2.45, 2.75) is 43.4 Å². The third-order valence-electron chi connectivity index (χ3n) is 5.81. The molecule has 8 heteroatoms. The van der Waals surface area contributed by atoms with Gasteiger partial charge in [-0.05, 0) is 72.5 Å².